The Balaban J connectivity index is 1.71. The molecule has 3 heterocycles. The van der Waals surface area contributed by atoms with Gasteiger partial charge in [0.05, 0.1) is 18.7 Å². The fraction of sp³-hybridized carbons (Fsp3) is 0.318. The molecule has 3 aromatic rings. The molecular formula is C22H23N3O5. The number of carbonyl (C=O) groups excluding carboxylic acids is 1. The smallest absolute Gasteiger partial charge is 0.329 e. The molecule has 1 aliphatic heterocycles. The number of hydrogen-bond acceptors (Lipinski definition) is 5. The summed E-state index contributed by atoms with van der Waals surface area (Å²) in [6.07, 6.45) is 3.57. The Labute approximate surface area is 173 Å². The highest BCUT2D eigenvalue weighted by Crippen LogP contribution is 2.37. The summed E-state index contributed by atoms with van der Waals surface area (Å²) >= 11 is 0. The van der Waals surface area contributed by atoms with E-state index in [0.29, 0.717) is 6.54 Å². The average Bonchev–Trinajstić information content (AvgIpc) is 3.38. The fourth-order valence-electron chi connectivity index (χ4n) is 3.98. The van der Waals surface area contributed by atoms with Crippen LogP contribution in [-0.4, -0.2) is 58.1 Å². The number of ether oxygens (including phenoxy) is 2. The number of carboxylic acids is 1. The van der Waals surface area contributed by atoms with Gasteiger partial charge in [0.25, 0.3) is 0 Å². The molecule has 8 heteroatoms. The quantitative estimate of drug-likeness (QED) is 0.645. The summed E-state index contributed by atoms with van der Waals surface area (Å²) in [5.41, 5.74) is 2.61. The molecule has 1 unspecified atom stereocenters. The van der Waals surface area contributed by atoms with Crippen LogP contribution in [0.3, 0.4) is 0 Å². The number of nitrogens with zero attached hydrogens (tertiary/aromatic N) is 3. The van der Waals surface area contributed by atoms with Crippen molar-refractivity contribution in [2.24, 2.45) is 0 Å². The summed E-state index contributed by atoms with van der Waals surface area (Å²) in [6, 6.07) is 13.4. The van der Waals surface area contributed by atoms with Crippen molar-refractivity contribution < 1.29 is 24.2 Å². The van der Waals surface area contributed by atoms with E-state index in [0.717, 1.165) is 41.2 Å². The number of aliphatic carboxylic acids is 1. The van der Waals surface area contributed by atoms with Crippen LogP contribution in [0, 0.1) is 0 Å². The van der Waals surface area contributed by atoms with Crippen molar-refractivity contribution in [3.05, 3.63) is 54.5 Å². The minimum absolute atomic E-state index is 0.204. The number of carbonyl (C=O) groups is 2. The van der Waals surface area contributed by atoms with E-state index in [1.54, 1.807) is 12.0 Å². The van der Waals surface area contributed by atoms with Crippen molar-refractivity contribution in [2.45, 2.75) is 18.9 Å². The lowest BCUT2D eigenvalue weighted by molar-refractivity contribution is -0.146. The molecule has 8 nitrogen and oxygen atoms in total. The predicted molar refractivity (Wildman–Crippen MR) is 109 cm³/mol. The maximum atomic E-state index is 12.7. The van der Waals surface area contributed by atoms with E-state index in [1.807, 2.05) is 53.1 Å². The molecule has 1 N–H and O–H groups in total. The molecule has 1 aliphatic rings. The molecule has 2 aromatic heterocycles. The van der Waals surface area contributed by atoms with Crippen LogP contribution >= 0.6 is 0 Å². The number of imidazole rings is 1. The summed E-state index contributed by atoms with van der Waals surface area (Å²) < 4.78 is 12.5. The largest absolute Gasteiger partial charge is 0.496 e. The number of hydrogen-bond donors (Lipinski definition) is 1. The lowest BCUT2D eigenvalue weighted by Crippen LogP contribution is -2.34. The van der Waals surface area contributed by atoms with Crippen LogP contribution in [0.25, 0.3) is 16.8 Å². The second-order valence-corrected chi connectivity index (χ2v) is 7.11. The van der Waals surface area contributed by atoms with Crippen LogP contribution in [0.5, 0.6) is 5.75 Å². The third-order valence-corrected chi connectivity index (χ3v) is 5.26. The van der Waals surface area contributed by atoms with Gasteiger partial charge in [-0.2, -0.15) is 0 Å². The van der Waals surface area contributed by atoms with Crippen molar-refractivity contribution >= 4 is 17.4 Å². The van der Waals surface area contributed by atoms with Crippen LogP contribution in [0.15, 0.2) is 48.7 Å². The molecule has 30 heavy (non-hydrogen) atoms. The maximum absolute atomic E-state index is 12.7. The van der Waals surface area contributed by atoms with E-state index >= 15 is 0 Å². The Morgan fingerprint density at radius 2 is 1.97 bits per heavy atom. The predicted octanol–water partition coefficient (Wildman–Crippen LogP) is 2.77. The van der Waals surface area contributed by atoms with Crippen molar-refractivity contribution in [1.29, 1.82) is 0 Å². The van der Waals surface area contributed by atoms with Gasteiger partial charge in [-0.1, -0.05) is 18.2 Å². The fourth-order valence-corrected chi connectivity index (χ4v) is 3.98. The van der Waals surface area contributed by atoms with Gasteiger partial charge in [-0.15, -0.1) is 0 Å². The molecule has 1 amide bonds. The number of para-hydroxylation sites is 1. The number of pyridine rings is 1. The lowest BCUT2D eigenvalue weighted by Gasteiger charge is -2.23. The van der Waals surface area contributed by atoms with E-state index in [-0.39, 0.29) is 18.6 Å². The average molecular weight is 409 g/mol. The first kappa shape index (κ1) is 19.9. The van der Waals surface area contributed by atoms with Gasteiger partial charge in [0.1, 0.15) is 30.5 Å². The second-order valence-electron chi connectivity index (χ2n) is 7.11. The normalized spacial score (nSPS) is 16.2. The number of fused-ring (bicyclic) bond motifs is 1. The van der Waals surface area contributed by atoms with Gasteiger partial charge in [-0.05, 0) is 37.1 Å². The SMILES string of the molecule is COc1ccccc1-c1nc(C2CCCN2C(=O)COCC(=O)O)n2ccccc12. The van der Waals surface area contributed by atoms with E-state index in [1.165, 1.54) is 0 Å². The van der Waals surface area contributed by atoms with Gasteiger partial charge in [0.15, 0.2) is 0 Å². The Hall–Kier alpha value is -3.39. The Kier molecular flexibility index (Phi) is 5.67. The van der Waals surface area contributed by atoms with Gasteiger partial charge in [0, 0.05) is 18.3 Å². The molecule has 156 valence electrons. The molecule has 1 aromatic carbocycles. The zero-order valence-corrected chi connectivity index (χ0v) is 16.7. The highest BCUT2D eigenvalue weighted by atomic mass is 16.5. The molecule has 0 spiro atoms. The number of benzene rings is 1. The van der Waals surface area contributed by atoms with Crippen molar-refractivity contribution in [3.8, 4) is 17.0 Å². The van der Waals surface area contributed by atoms with Gasteiger partial charge in [-0.3, -0.25) is 4.79 Å². The Morgan fingerprint density at radius 3 is 2.77 bits per heavy atom. The first-order valence-corrected chi connectivity index (χ1v) is 9.79. The number of methoxy groups -OCH3 is 1. The highest BCUT2D eigenvalue weighted by Gasteiger charge is 2.33. The second kappa shape index (κ2) is 8.54. The number of likely N-dealkylation sites (tertiary alicyclic amines) is 1. The summed E-state index contributed by atoms with van der Waals surface area (Å²) in [5, 5.41) is 8.72. The Bertz CT molecular complexity index is 1080. The van der Waals surface area contributed by atoms with E-state index in [2.05, 4.69) is 0 Å². The minimum atomic E-state index is -1.10. The van der Waals surface area contributed by atoms with Crippen LogP contribution in [0.4, 0.5) is 0 Å². The van der Waals surface area contributed by atoms with E-state index < -0.39 is 12.6 Å². The number of rotatable bonds is 7. The summed E-state index contributed by atoms with van der Waals surface area (Å²) in [4.78, 5) is 30.0. The summed E-state index contributed by atoms with van der Waals surface area (Å²) in [5.74, 6) is 0.177. The summed E-state index contributed by atoms with van der Waals surface area (Å²) in [7, 11) is 1.63. The first-order chi connectivity index (χ1) is 14.6. The molecule has 0 bridgehead atoms. The van der Waals surface area contributed by atoms with Crippen molar-refractivity contribution in [1.82, 2.24) is 14.3 Å². The zero-order valence-electron chi connectivity index (χ0n) is 16.7. The van der Waals surface area contributed by atoms with Crippen molar-refractivity contribution in [3.63, 3.8) is 0 Å². The topological polar surface area (TPSA) is 93.4 Å². The van der Waals surface area contributed by atoms with Gasteiger partial charge in [-0.25, -0.2) is 9.78 Å². The number of amides is 1. The maximum Gasteiger partial charge on any atom is 0.329 e. The summed E-state index contributed by atoms with van der Waals surface area (Å²) in [6.45, 7) is -0.161. The lowest BCUT2D eigenvalue weighted by atomic mass is 10.1. The molecule has 0 saturated carbocycles. The number of carboxylic acid groups (broad SMARTS) is 1. The zero-order chi connectivity index (χ0) is 21.1. The van der Waals surface area contributed by atoms with Crippen LogP contribution in [-0.2, 0) is 14.3 Å². The van der Waals surface area contributed by atoms with Gasteiger partial charge >= 0.3 is 5.97 Å². The van der Waals surface area contributed by atoms with Crippen LogP contribution in [0.1, 0.15) is 24.7 Å². The third kappa shape index (κ3) is 3.73. The molecule has 1 fully saturated rings. The van der Waals surface area contributed by atoms with Crippen LogP contribution < -0.4 is 4.74 Å². The highest BCUT2D eigenvalue weighted by molar-refractivity contribution is 5.82. The third-order valence-electron chi connectivity index (χ3n) is 5.26. The van der Waals surface area contributed by atoms with Gasteiger partial charge < -0.3 is 23.9 Å². The molecule has 1 atom stereocenters. The molecule has 1 saturated heterocycles. The number of aromatic nitrogens is 2. The standard InChI is InChI=1S/C22H23N3O5/c1-29-18-10-3-2-7-15(18)21-16-8-4-5-11-25(16)22(23-21)17-9-6-12-24(17)19(26)13-30-14-20(27)28/h2-5,7-8,10-11,17H,6,9,12-14H2,1H3,(H,27,28). The van der Waals surface area contributed by atoms with E-state index in [4.69, 9.17) is 19.6 Å². The van der Waals surface area contributed by atoms with Crippen LogP contribution in [0.2, 0.25) is 0 Å². The molecule has 0 radical (unpaired) electrons. The Morgan fingerprint density at radius 1 is 1.17 bits per heavy atom. The molecule has 0 aliphatic carbocycles. The van der Waals surface area contributed by atoms with Gasteiger partial charge in [0.2, 0.25) is 5.91 Å². The first-order valence-electron chi connectivity index (χ1n) is 9.79. The molecule has 4 rings (SSSR count). The minimum Gasteiger partial charge on any atom is -0.496 e. The van der Waals surface area contributed by atoms with Crippen molar-refractivity contribution in [2.75, 3.05) is 26.9 Å². The molecular weight excluding hydrogens is 386 g/mol. The van der Waals surface area contributed by atoms with E-state index in [9.17, 15) is 9.59 Å². The monoisotopic (exact) mass is 409 g/mol.